The van der Waals surface area contributed by atoms with Crippen LogP contribution in [0.4, 0.5) is 0 Å². The third kappa shape index (κ3) is 3.68. The van der Waals surface area contributed by atoms with E-state index in [2.05, 4.69) is 10.6 Å². The van der Waals surface area contributed by atoms with Gasteiger partial charge in [0, 0.05) is 29.0 Å². The highest BCUT2D eigenvalue weighted by Gasteiger charge is 2.32. The van der Waals surface area contributed by atoms with Gasteiger partial charge in [0.15, 0.2) is 0 Å². The maximum atomic E-state index is 12.8. The number of hydrogen-bond acceptors (Lipinski definition) is 3. The van der Waals surface area contributed by atoms with Gasteiger partial charge in [0.25, 0.3) is 5.91 Å². The third-order valence-corrected chi connectivity index (χ3v) is 5.24. The van der Waals surface area contributed by atoms with Crippen LogP contribution in [-0.4, -0.2) is 29.0 Å². The maximum absolute atomic E-state index is 12.8. The molecule has 2 N–H and O–H groups in total. The summed E-state index contributed by atoms with van der Waals surface area (Å²) < 4.78 is 1.81. The predicted molar refractivity (Wildman–Crippen MR) is 99.8 cm³/mol. The van der Waals surface area contributed by atoms with Crippen molar-refractivity contribution in [2.75, 3.05) is 6.54 Å². The third-order valence-electron chi connectivity index (χ3n) is 5.00. The van der Waals surface area contributed by atoms with Gasteiger partial charge in [-0.25, -0.2) is 0 Å². The summed E-state index contributed by atoms with van der Waals surface area (Å²) in [6.45, 7) is -0.0139. The molecule has 1 aliphatic rings. The number of hydrogen-bond donors (Lipinski definition) is 2. The first kappa shape index (κ1) is 18.3. The molecular weight excluding hydrogens is 352 g/mol. The summed E-state index contributed by atoms with van der Waals surface area (Å²) in [5.74, 6) is -0.671. The predicted octanol–water partition coefficient (Wildman–Crippen LogP) is 2.76. The molecule has 2 amide bonds. The van der Waals surface area contributed by atoms with Crippen LogP contribution in [0.2, 0.25) is 5.02 Å². The minimum Gasteiger partial charge on any atom is -0.347 e. The van der Waals surface area contributed by atoms with Gasteiger partial charge in [0.05, 0.1) is 12.0 Å². The largest absolute Gasteiger partial charge is 0.347 e. The molecule has 0 spiro atoms. The number of rotatable bonds is 4. The van der Waals surface area contributed by atoms with Crippen LogP contribution < -0.4 is 10.6 Å². The van der Waals surface area contributed by atoms with Gasteiger partial charge < -0.3 is 15.2 Å². The van der Waals surface area contributed by atoms with Gasteiger partial charge in [-0.05, 0) is 31.0 Å². The lowest BCUT2D eigenvalue weighted by Gasteiger charge is -2.31. The summed E-state index contributed by atoms with van der Waals surface area (Å²) in [6, 6.07) is 9.02. The molecule has 0 radical (unpaired) electrons. The fourth-order valence-electron chi connectivity index (χ4n) is 3.64. The quantitative estimate of drug-likeness (QED) is 0.809. The highest BCUT2D eigenvalue weighted by molar-refractivity contribution is 6.31. The Kier molecular flexibility index (Phi) is 5.48. The molecule has 1 fully saturated rings. The van der Waals surface area contributed by atoms with E-state index in [0.29, 0.717) is 17.1 Å². The molecule has 1 aliphatic carbocycles. The van der Waals surface area contributed by atoms with Gasteiger partial charge in [-0.2, -0.15) is 5.26 Å². The fraction of sp³-hybridized carbons (Fsp3) is 0.421. The van der Waals surface area contributed by atoms with Crippen molar-refractivity contribution in [3.05, 3.63) is 35.0 Å². The topological polar surface area (TPSA) is 86.9 Å². The number of fused-ring (bicyclic) bond motifs is 1. The van der Waals surface area contributed by atoms with Crippen LogP contribution in [0.3, 0.4) is 0 Å². The van der Waals surface area contributed by atoms with Crippen LogP contribution in [0.25, 0.3) is 10.9 Å². The Hall–Kier alpha value is -2.52. The molecule has 136 valence electrons. The van der Waals surface area contributed by atoms with E-state index in [4.69, 9.17) is 16.9 Å². The molecule has 0 bridgehead atoms. The van der Waals surface area contributed by atoms with E-state index >= 15 is 0 Å². The van der Waals surface area contributed by atoms with E-state index in [9.17, 15) is 9.59 Å². The second-order valence-electron chi connectivity index (χ2n) is 6.64. The monoisotopic (exact) mass is 372 g/mol. The molecule has 26 heavy (non-hydrogen) atoms. The van der Waals surface area contributed by atoms with Crippen molar-refractivity contribution in [1.82, 2.24) is 15.2 Å². The van der Waals surface area contributed by atoms with Crippen LogP contribution in [0, 0.1) is 17.2 Å². The van der Waals surface area contributed by atoms with Crippen LogP contribution in [0.1, 0.15) is 36.2 Å². The molecule has 7 heteroatoms. The first-order valence-electron chi connectivity index (χ1n) is 8.71. The SMILES string of the molecule is Cn1c(C(=O)N[C@H]2CCCC[C@H]2C(=O)NCC#N)cc2ccc(Cl)cc21. The molecule has 6 nitrogen and oxygen atoms in total. The average Bonchev–Trinajstić information content (AvgIpc) is 2.96. The lowest BCUT2D eigenvalue weighted by molar-refractivity contribution is -0.126. The van der Waals surface area contributed by atoms with Crippen molar-refractivity contribution in [2.45, 2.75) is 31.7 Å². The number of halogens is 1. The van der Waals surface area contributed by atoms with Gasteiger partial charge in [0.2, 0.25) is 5.91 Å². The molecule has 1 aromatic carbocycles. The smallest absolute Gasteiger partial charge is 0.268 e. The molecule has 1 saturated carbocycles. The van der Waals surface area contributed by atoms with E-state index in [1.54, 1.807) is 6.07 Å². The Labute approximate surface area is 157 Å². The summed E-state index contributed by atoms with van der Waals surface area (Å²) in [5, 5.41) is 15.8. The normalized spacial score (nSPS) is 19.7. The van der Waals surface area contributed by atoms with Crippen LogP contribution in [-0.2, 0) is 11.8 Å². The number of benzene rings is 1. The number of nitriles is 1. The fourth-order valence-corrected chi connectivity index (χ4v) is 3.80. The molecule has 1 aromatic heterocycles. The number of aryl methyl sites for hydroxylation is 1. The number of nitrogens with zero attached hydrogens (tertiary/aromatic N) is 2. The molecule has 0 saturated heterocycles. The molecule has 1 heterocycles. The molecule has 0 unspecified atom stereocenters. The molecule has 0 aliphatic heterocycles. The number of carbonyl (C=O) groups is 2. The number of aromatic nitrogens is 1. The zero-order chi connectivity index (χ0) is 18.7. The first-order valence-corrected chi connectivity index (χ1v) is 9.09. The highest BCUT2D eigenvalue weighted by atomic mass is 35.5. The molecule has 3 rings (SSSR count). The van der Waals surface area contributed by atoms with Crippen molar-refractivity contribution >= 4 is 34.3 Å². The Morgan fingerprint density at radius 2 is 2.08 bits per heavy atom. The van der Waals surface area contributed by atoms with E-state index in [1.165, 1.54) is 0 Å². The Bertz CT molecular complexity index is 884. The van der Waals surface area contributed by atoms with Crippen LogP contribution in [0.15, 0.2) is 24.3 Å². The lowest BCUT2D eigenvalue weighted by Crippen LogP contribution is -2.48. The summed E-state index contributed by atoms with van der Waals surface area (Å²) in [6.07, 6.45) is 3.39. The van der Waals surface area contributed by atoms with Crippen molar-refractivity contribution in [1.29, 1.82) is 5.26 Å². The number of carbonyl (C=O) groups excluding carboxylic acids is 2. The van der Waals surface area contributed by atoms with Gasteiger partial charge >= 0.3 is 0 Å². The minimum absolute atomic E-state index is 0.0139. The van der Waals surface area contributed by atoms with E-state index in [0.717, 1.165) is 30.2 Å². The zero-order valence-corrected chi connectivity index (χ0v) is 15.3. The van der Waals surface area contributed by atoms with Crippen molar-refractivity contribution in [3.63, 3.8) is 0 Å². The summed E-state index contributed by atoms with van der Waals surface area (Å²) in [5.41, 5.74) is 1.42. The Morgan fingerprint density at radius 1 is 1.31 bits per heavy atom. The highest BCUT2D eigenvalue weighted by Crippen LogP contribution is 2.26. The summed E-state index contributed by atoms with van der Waals surface area (Å²) in [4.78, 5) is 25.1. The van der Waals surface area contributed by atoms with Crippen LogP contribution in [0.5, 0.6) is 0 Å². The second kappa shape index (κ2) is 7.79. The lowest BCUT2D eigenvalue weighted by atomic mass is 9.83. The number of amides is 2. The first-order chi connectivity index (χ1) is 12.5. The second-order valence-corrected chi connectivity index (χ2v) is 7.07. The van der Waals surface area contributed by atoms with E-state index < -0.39 is 0 Å². The van der Waals surface area contributed by atoms with Crippen molar-refractivity contribution in [3.8, 4) is 6.07 Å². The Morgan fingerprint density at radius 3 is 2.85 bits per heavy atom. The molecular formula is C19H21ClN4O2. The number of nitrogens with one attached hydrogen (secondary N) is 2. The Balaban J connectivity index is 1.78. The standard InChI is InChI=1S/C19H21ClN4O2/c1-24-16-11-13(20)7-6-12(16)10-17(24)19(26)23-15-5-3-2-4-14(15)18(25)22-9-8-21/h6-7,10-11,14-15H,2-5,9H2,1H3,(H,22,25)(H,23,26)/t14-,15+/m1/s1. The van der Waals surface area contributed by atoms with Crippen LogP contribution >= 0.6 is 11.6 Å². The van der Waals surface area contributed by atoms with Crippen molar-refractivity contribution in [2.24, 2.45) is 13.0 Å². The van der Waals surface area contributed by atoms with Gasteiger partial charge in [-0.15, -0.1) is 0 Å². The minimum atomic E-state index is -0.301. The summed E-state index contributed by atoms with van der Waals surface area (Å²) in [7, 11) is 1.82. The molecule has 2 aromatic rings. The van der Waals surface area contributed by atoms with Gasteiger partial charge in [-0.3, -0.25) is 9.59 Å². The van der Waals surface area contributed by atoms with Gasteiger partial charge in [-0.1, -0.05) is 30.5 Å². The average molecular weight is 373 g/mol. The maximum Gasteiger partial charge on any atom is 0.268 e. The van der Waals surface area contributed by atoms with E-state index in [1.807, 2.05) is 35.9 Å². The summed E-state index contributed by atoms with van der Waals surface area (Å²) >= 11 is 6.05. The van der Waals surface area contributed by atoms with Gasteiger partial charge in [0.1, 0.15) is 12.2 Å². The van der Waals surface area contributed by atoms with E-state index in [-0.39, 0.29) is 30.3 Å². The zero-order valence-electron chi connectivity index (χ0n) is 14.6. The molecule has 2 atom stereocenters. The van der Waals surface area contributed by atoms with Crippen molar-refractivity contribution < 1.29 is 9.59 Å².